The summed E-state index contributed by atoms with van der Waals surface area (Å²) < 4.78 is 5.58. The Bertz CT molecular complexity index is 713. The first-order chi connectivity index (χ1) is 11.8. The molecule has 3 rings (SSSR count). The zero-order valence-electron chi connectivity index (χ0n) is 14.7. The van der Waals surface area contributed by atoms with Crippen molar-refractivity contribution < 1.29 is 23.9 Å². The lowest BCUT2D eigenvalue weighted by Crippen LogP contribution is -2.42. The molecule has 0 aliphatic carbocycles. The summed E-state index contributed by atoms with van der Waals surface area (Å²) in [7, 11) is 3.79. The Morgan fingerprint density at radius 3 is 2.64 bits per heavy atom. The number of carbonyl (C=O) groups excluding carboxylic acids is 2. The van der Waals surface area contributed by atoms with E-state index >= 15 is 0 Å². The number of carbonyl (C=O) groups is 3. The van der Waals surface area contributed by atoms with Gasteiger partial charge in [-0.2, -0.15) is 0 Å². The maximum Gasteiger partial charge on any atom is 0.314 e. The Balaban J connectivity index is 1.80. The first-order valence-corrected chi connectivity index (χ1v) is 8.33. The van der Waals surface area contributed by atoms with Crippen LogP contribution < -0.4 is 0 Å². The maximum absolute atomic E-state index is 12.7. The van der Waals surface area contributed by atoms with E-state index in [1.807, 2.05) is 25.9 Å². The van der Waals surface area contributed by atoms with Crippen LogP contribution >= 0.6 is 0 Å². The van der Waals surface area contributed by atoms with Gasteiger partial charge in [-0.15, -0.1) is 0 Å². The molecule has 2 saturated heterocycles. The van der Waals surface area contributed by atoms with Crippen LogP contribution in [0.5, 0.6) is 0 Å². The van der Waals surface area contributed by atoms with Crippen molar-refractivity contribution >= 4 is 17.8 Å². The first kappa shape index (κ1) is 17.5. The summed E-state index contributed by atoms with van der Waals surface area (Å²) in [5.74, 6) is -1.43. The number of amides is 2. The number of nitrogens with zero attached hydrogens (tertiary/aromatic N) is 3. The summed E-state index contributed by atoms with van der Waals surface area (Å²) in [5.41, 5.74) is -1.22. The van der Waals surface area contributed by atoms with Gasteiger partial charge in [0, 0.05) is 26.2 Å². The van der Waals surface area contributed by atoms with Gasteiger partial charge < -0.3 is 24.2 Å². The number of furan rings is 1. The van der Waals surface area contributed by atoms with Crippen molar-refractivity contribution in [1.82, 2.24) is 14.7 Å². The maximum atomic E-state index is 12.7. The molecular weight excluding hydrogens is 326 g/mol. The van der Waals surface area contributed by atoms with Gasteiger partial charge in [0.05, 0.1) is 12.5 Å². The Kier molecular flexibility index (Phi) is 4.32. The minimum atomic E-state index is -1.22. The zero-order valence-corrected chi connectivity index (χ0v) is 14.7. The molecule has 0 bridgehead atoms. The van der Waals surface area contributed by atoms with Crippen molar-refractivity contribution in [3.05, 3.63) is 23.7 Å². The molecule has 2 aliphatic heterocycles. The number of likely N-dealkylation sites (tertiary alicyclic amines) is 2. The van der Waals surface area contributed by atoms with Crippen molar-refractivity contribution in [2.45, 2.75) is 13.5 Å². The van der Waals surface area contributed by atoms with E-state index in [4.69, 9.17) is 4.42 Å². The largest absolute Gasteiger partial charge is 0.481 e. The van der Waals surface area contributed by atoms with Gasteiger partial charge in [0.25, 0.3) is 5.91 Å². The number of hydrogen-bond acceptors (Lipinski definition) is 5. The van der Waals surface area contributed by atoms with Crippen LogP contribution in [0.25, 0.3) is 0 Å². The summed E-state index contributed by atoms with van der Waals surface area (Å²) in [4.78, 5) is 42.0. The van der Waals surface area contributed by atoms with E-state index in [2.05, 4.69) is 0 Å². The topological polar surface area (TPSA) is 94.3 Å². The molecule has 2 aliphatic rings. The van der Waals surface area contributed by atoms with E-state index in [0.29, 0.717) is 18.8 Å². The Morgan fingerprint density at radius 1 is 1.36 bits per heavy atom. The highest BCUT2D eigenvalue weighted by Crippen LogP contribution is 2.44. The van der Waals surface area contributed by atoms with E-state index in [9.17, 15) is 19.5 Å². The molecule has 1 N–H and O–H groups in total. The van der Waals surface area contributed by atoms with Gasteiger partial charge in [0.15, 0.2) is 5.76 Å². The lowest BCUT2D eigenvalue weighted by atomic mass is 9.81. The summed E-state index contributed by atoms with van der Waals surface area (Å²) in [5, 5.41) is 9.73. The Labute approximate surface area is 146 Å². The molecule has 2 fully saturated rings. The van der Waals surface area contributed by atoms with E-state index < -0.39 is 17.3 Å². The van der Waals surface area contributed by atoms with Crippen LogP contribution in [0.3, 0.4) is 0 Å². The lowest BCUT2D eigenvalue weighted by molar-refractivity contribution is -0.149. The molecule has 2 amide bonds. The fraction of sp³-hybridized carbons (Fsp3) is 0.588. The monoisotopic (exact) mass is 349 g/mol. The minimum Gasteiger partial charge on any atom is -0.481 e. The van der Waals surface area contributed by atoms with Gasteiger partial charge in [0.1, 0.15) is 11.2 Å². The van der Waals surface area contributed by atoms with Crippen molar-refractivity contribution in [2.24, 2.45) is 11.3 Å². The predicted octanol–water partition coefficient (Wildman–Crippen LogP) is 0.346. The van der Waals surface area contributed by atoms with Crippen LogP contribution in [-0.2, 0) is 16.1 Å². The number of fused-ring (bicyclic) bond motifs is 1. The second-order valence-electron chi connectivity index (χ2n) is 7.06. The smallest absolute Gasteiger partial charge is 0.314 e. The third-order valence-electron chi connectivity index (χ3n) is 5.07. The quantitative estimate of drug-likeness (QED) is 0.824. The van der Waals surface area contributed by atoms with E-state index in [1.165, 1.54) is 4.90 Å². The van der Waals surface area contributed by atoms with Crippen molar-refractivity contribution in [1.29, 1.82) is 0 Å². The molecule has 0 radical (unpaired) electrons. The molecule has 8 nitrogen and oxygen atoms in total. The molecule has 2 atom stereocenters. The van der Waals surface area contributed by atoms with Crippen LogP contribution in [0.15, 0.2) is 16.5 Å². The van der Waals surface area contributed by atoms with Crippen molar-refractivity contribution in [3.8, 4) is 0 Å². The average molecular weight is 349 g/mol. The highest BCUT2D eigenvalue weighted by molar-refractivity contribution is 5.97. The molecule has 25 heavy (non-hydrogen) atoms. The number of aliphatic carboxylic acids is 1. The average Bonchev–Trinajstić information content (AvgIpc) is 3.21. The van der Waals surface area contributed by atoms with Gasteiger partial charge >= 0.3 is 5.97 Å². The number of carboxylic acid groups (broad SMARTS) is 1. The molecule has 1 aromatic rings. The first-order valence-electron chi connectivity index (χ1n) is 8.33. The van der Waals surface area contributed by atoms with Crippen LogP contribution in [0.1, 0.15) is 23.2 Å². The predicted molar refractivity (Wildman–Crippen MR) is 87.8 cm³/mol. The molecule has 0 aromatic carbocycles. The molecule has 3 heterocycles. The van der Waals surface area contributed by atoms with Crippen LogP contribution in [0.4, 0.5) is 0 Å². The normalized spacial score (nSPS) is 25.8. The number of carboxylic acids is 1. The number of rotatable bonds is 5. The van der Waals surface area contributed by atoms with Gasteiger partial charge in [-0.3, -0.25) is 14.4 Å². The molecule has 8 heteroatoms. The second-order valence-corrected chi connectivity index (χ2v) is 7.06. The Hall–Kier alpha value is -2.35. The molecule has 0 saturated carbocycles. The van der Waals surface area contributed by atoms with E-state index in [0.717, 1.165) is 0 Å². The van der Waals surface area contributed by atoms with Crippen LogP contribution in [0.2, 0.25) is 0 Å². The van der Waals surface area contributed by atoms with E-state index in [-0.39, 0.29) is 37.2 Å². The molecule has 1 aromatic heterocycles. The molecule has 0 unspecified atom stereocenters. The van der Waals surface area contributed by atoms with Gasteiger partial charge in [-0.1, -0.05) is 0 Å². The molecule has 136 valence electrons. The zero-order chi connectivity index (χ0) is 18.4. The van der Waals surface area contributed by atoms with Crippen LogP contribution in [-0.4, -0.2) is 77.9 Å². The standard InChI is InChI=1S/C17H23N3O5/c1-4-19-9-17(16(23)24)10-20(8-12(17)14(19)21)15(22)13-6-5-11(25-13)7-18(2)3/h5-6,12H,4,7-10H2,1-3H3,(H,23,24)/t12-,17+/m0/s1. The Morgan fingerprint density at radius 2 is 2.08 bits per heavy atom. The fourth-order valence-corrected chi connectivity index (χ4v) is 3.78. The SMILES string of the molecule is CCN1C[C@@]2(C(=O)O)CN(C(=O)c3ccc(CN(C)C)o3)C[C@H]2C1=O. The highest BCUT2D eigenvalue weighted by atomic mass is 16.4. The third-order valence-corrected chi connectivity index (χ3v) is 5.07. The number of hydrogen-bond donors (Lipinski definition) is 1. The summed E-state index contributed by atoms with van der Waals surface area (Å²) in [6.45, 7) is 3.16. The van der Waals surface area contributed by atoms with Gasteiger partial charge in [-0.05, 0) is 33.2 Å². The molecular formula is C17H23N3O5. The lowest BCUT2D eigenvalue weighted by Gasteiger charge is -2.24. The highest BCUT2D eigenvalue weighted by Gasteiger charge is 2.62. The van der Waals surface area contributed by atoms with Gasteiger partial charge in [0.2, 0.25) is 5.91 Å². The molecule has 0 spiro atoms. The van der Waals surface area contributed by atoms with Crippen molar-refractivity contribution in [3.63, 3.8) is 0 Å². The van der Waals surface area contributed by atoms with Crippen molar-refractivity contribution in [2.75, 3.05) is 40.3 Å². The summed E-state index contributed by atoms with van der Waals surface area (Å²) in [6, 6.07) is 3.34. The summed E-state index contributed by atoms with van der Waals surface area (Å²) in [6.07, 6.45) is 0. The second kappa shape index (κ2) is 6.18. The minimum absolute atomic E-state index is 0.0256. The van der Waals surface area contributed by atoms with Gasteiger partial charge in [-0.25, -0.2) is 0 Å². The van der Waals surface area contributed by atoms with E-state index in [1.54, 1.807) is 17.0 Å². The fourth-order valence-electron chi connectivity index (χ4n) is 3.78. The third kappa shape index (κ3) is 2.80. The van der Waals surface area contributed by atoms with Crippen LogP contribution in [0, 0.1) is 11.3 Å². The summed E-state index contributed by atoms with van der Waals surface area (Å²) >= 11 is 0.